The smallest absolute Gasteiger partial charge is 0.232 e. The summed E-state index contributed by atoms with van der Waals surface area (Å²) in [4.78, 5) is 25.8. The number of fused-ring (bicyclic) bond motifs is 1. The molecule has 0 unspecified atom stereocenters. The maximum Gasteiger partial charge on any atom is 0.232 e. The first-order chi connectivity index (χ1) is 10.8. The van der Waals surface area contributed by atoms with Gasteiger partial charge in [-0.1, -0.05) is 12.1 Å². The molecular formula is C15H13N5OS. The van der Waals surface area contributed by atoms with Gasteiger partial charge in [-0.05, 0) is 11.6 Å². The Kier molecular flexibility index (Phi) is 3.28. The third-order valence-corrected chi connectivity index (χ3v) is 4.51. The standard InChI is InChI=1S/C15H13N5OS/c21-14(11-4-16-5-11)20-15-18-6-10-2-1-9(3-12(10)19-15)13-7-17-8-22-13/h1-3,6-8,11,16H,4-5H2,(H,18,19,20,21). The van der Waals surface area contributed by atoms with E-state index in [1.54, 1.807) is 23.0 Å². The van der Waals surface area contributed by atoms with Crippen molar-refractivity contribution in [3.8, 4) is 10.4 Å². The zero-order chi connectivity index (χ0) is 14.9. The van der Waals surface area contributed by atoms with Gasteiger partial charge < -0.3 is 5.32 Å². The van der Waals surface area contributed by atoms with Crippen molar-refractivity contribution in [2.45, 2.75) is 0 Å². The minimum Gasteiger partial charge on any atom is -0.315 e. The predicted octanol–water partition coefficient (Wildman–Crippen LogP) is 1.91. The van der Waals surface area contributed by atoms with Gasteiger partial charge in [-0.15, -0.1) is 11.3 Å². The lowest BCUT2D eigenvalue weighted by molar-refractivity contribution is -0.121. The molecule has 1 aromatic carbocycles. The van der Waals surface area contributed by atoms with Gasteiger partial charge in [0.1, 0.15) is 0 Å². The first kappa shape index (κ1) is 13.3. The average Bonchev–Trinajstić information content (AvgIpc) is 2.98. The van der Waals surface area contributed by atoms with E-state index in [-0.39, 0.29) is 11.8 Å². The molecule has 2 N–H and O–H groups in total. The van der Waals surface area contributed by atoms with Crippen LogP contribution in [0.5, 0.6) is 0 Å². The predicted molar refractivity (Wildman–Crippen MR) is 85.6 cm³/mol. The molecule has 6 nitrogen and oxygen atoms in total. The highest BCUT2D eigenvalue weighted by Gasteiger charge is 2.25. The minimum atomic E-state index is -0.0308. The molecule has 2 aromatic heterocycles. The molecule has 0 atom stereocenters. The molecule has 3 heterocycles. The molecule has 22 heavy (non-hydrogen) atoms. The number of hydrogen-bond donors (Lipinski definition) is 2. The lowest BCUT2D eigenvalue weighted by Gasteiger charge is -2.25. The Bertz CT molecular complexity index is 829. The summed E-state index contributed by atoms with van der Waals surface area (Å²) in [5.74, 6) is 0.338. The van der Waals surface area contributed by atoms with Gasteiger partial charge in [-0.25, -0.2) is 9.97 Å². The second-order valence-electron chi connectivity index (χ2n) is 5.18. The molecule has 0 saturated carbocycles. The van der Waals surface area contributed by atoms with Crippen molar-refractivity contribution in [1.82, 2.24) is 20.3 Å². The number of nitrogens with zero attached hydrogens (tertiary/aromatic N) is 3. The first-order valence-corrected chi connectivity index (χ1v) is 7.85. The van der Waals surface area contributed by atoms with Crippen molar-refractivity contribution in [3.63, 3.8) is 0 Å². The van der Waals surface area contributed by atoms with Crippen LogP contribution in [-0.4, -0.2) is 33.9 Å². The van der Waals surface area contributed by atoms with Crippen LogP contribution in [0.2, 0.25) is 0 Å². The number of rotatable bonds is 3. The largest absolute Gasteiger partial charge is 0.315 e. The average molecular weight is 311 g/mol. The highest BCUT2D eigenvalue weighted by atomic mass is 32.1. The van der Waals surface area contributed by atoms with E-state index >= 15 is 0 Å². The molecule has 110 valence electrons. The van der Waals surface area contributed by atoms with Crippen molar-refractivity contribution in [3.05, 3.63) is 36.1 Å². The Hall–Kier alpha value is -2.38. The lowest BCUT2D eigenvalue weighted by Crippen LogP contribution is -2.48. The molecule has 1 amide bonds. The molecular weight excluding hydrogens is 298 g/mol. The van der Waals surface area contributed by atoms with Gasteiger partial charge in [0.15, 0.2) is 0 Å². The van der Waals surface area contributed by atoms with E-state index < -0.39 is 0 Å². The summed E-state index contributed by atoms with van der Waals surface area (Å²) in [7, 11) is 0. The topological polar surface area (TPSA) is 79.8 Å². The van der Waals surface area contributed by atoms with E-state index in [2.05, 4.69) is 25.6 Å². The fourth-order valence-electron chi connectivity index (χ4n) is 2.28. The van der Waals surface area contributed by atoms with Crippen LogP contribution in [0.25, 0.3) is 21.3 Å². The van der Waals surface area contributed by atoms with Crippen LogP contribution in [0.3, 0.4) is 0 Å². The molecule has 0 aliphatic carbocycles. The third kappa shape index (κ3) is 2.44. The fraction of sp³-hybridized carbons (Fsp3) is 0.200. The van der Waals surface area contributed by atoms with Gasteiger partial charge in [-0.2, -0.15) is 0 Å². The number of aromatic nitrogens is 3. The Morgan fingerprint density at radius 1 is 1.32 bits per heavy atom. The van der Waals surface area contributed by atoms with Crippen LogP contribution < -0.4 is 10.6 Å². The number of hydrogen-bond acceptors (Lipinski definition) is 6. The molecule has 4 rings (SSSR count). The van der Waals surface area contributed by atoms with Crippen LogP contribution in [0.15, 0.2) is 36.1 Å². The van der Waals surface area contributed by atoms with Crippen LogP contribution in [0, 0.1) is 5.92 Å². The molecule has 0 radical (unpaired) electrons. The summed E-state index contributed by atoms with van der Waals surface area (Å²) in [6.45, 7) is 1.43. The number of benzene rings is 1. The van der Waals surface area contributed by atoms with E-state index in [0.29, 0.717) is 5.95 Å². The molecule has 7 heteroatoms. The highest BCUT2D eigenvalue weighted by Crippen LogP contribution is 2.26. The molecule has 0 bridgehead atoms. The van der Waals surface area contributed by atoms with E-state index in [1.165, 1.54) is 0 Å². The summed E-state index contributed by atoms with van der Waals surface area (Å²) in [6.07, 6.45) is 3.56. The van der Waals surface area contributed by atoms with E-state index in [0.717, 1.165) is 34.4 Å². The van der Waals surface area contributed by atoms with Crippen LogP contribution in [-0.2, 0) is 4.79 Å². The van der Waals surface area contributed by atoms with Gasteiger partial charge in [0, 0.05) is 30.9 Å². The van der Waals surface area contributed by atoms with E-state index in [9.17, 15) is 4.79 Å². The van der Waals surface area contributed by atoms with Gasteiger partial charge in [0.2, 0.25) is 11.9 Å². The number of carbonyl (C=O) groups is 1. The Morgan fingerprint density at radius 2 is 2.23 bits per heavy atom. The van der Waals surface area contributed by atoms with Crippen LogP contribution >= 0.6 is 11.3 Å². The SMILES string of the molecule is O=C(Nc1ncc2ccc(-c3cncs3)cc2n1)C1CNC1. The summed E-state index contributed by atoms with van der Waals surface area (Å²) in [6, 6.07) is 5.99. The Balaban J connectivity index is 1.65. The van der Waals surface area contributed by atoms with Crippen LogP contribution in [0.4, 0.5) is 5.95 Å². The number of anilines is 1. The molecule has 3 aromatic rings. The highest BCUT2D eigenvalue weighted by molar-refractivity contribution is 7.13. The molecule has 1 aliphatic rings. The zero-order valence-electron chi connectivity index (χ0n) is 11.6. The van der Waals surface area contributed by atoms with Crippen molar-refractivity contribution in [2.75, 3.05) is 18.4 Å². The van der Waals surface area contributed by atoms with Crippen molar-refractivity contribution in [2.24, 2.45) is 5.92 Å². The number of carbonyl (C=O) groups excluding carboxylic acids is 1. The van der Waals surface area contributed by atoms with Gasteiger partial charge in [-0.3, -0.25) is 15.1 Å². The van der Waals surface area contributed by atoms with Gasteiger partial charge >= 0.3 is 0 Å². The molecule has 1 saturated heterocycles. The zero-order valence-corrected chi connectivity index (χ0v) is 12.4. The summed E-state index contributed by atoms with van der Waals surface area (Å²) < 4.78 is 0. The van der Waals surface area contributed by atoms with Crippen molar-refractivity contribution in [1.29, 1.82) is 0 Å². The second-order valence-corrected chi connectivity index (χ2v) is 6.06. The Labute approximate surface area is 130 Å². The fourth-order valence-corrected chi connectivity index (χ4v) is 2.90. The summed E-state index contributed by atoms with van der Waals surface area (Å²) in [5, 5.41) is 6.79. The number of amides is 1. The minimum absolute atomic E-state index is 0.0165. The lowest BCUT2D eigenvalue weighted by atomic mass is 10.0. The third-order valence-electron chi connectivity index (χ3n) is 3.69. The molecule has 1 aliphatic heterocycles. The second kappa shape index (κ2) is 5.43. The molecule has 1 fully saturated rings. The molecule has 0 spiro atoms. The van der Waals surface area contributed by atoms with Crippen LogP contribution in [0.1, 0.15) is 0 Å². The van der Waals surface area contributed by atoms with Crippen molar-refractivity contribution < 1.29 is 4.79 Å². The van der Waals surface area contributed by atoms with Crippen molar-refractivity contribution >= 4 is 34.1 Å². The summed E-state index contributed by atoms with van der Waals surface area (Å²) >= 11 is 1.58. The normalized spacial score (nSPS) is 14.7. The Morgan fingerprint density at radius 3 is 2.95 bits per heavy atom. The van der Waals surface area contributed by atoms with E-state index in [1.807, 2.05) is 24.4 Å². The van der Waals surface area contributed by atoms with Gasteiger partial charge in [0.25, 0.3) is 0 Å². The number of nitrogens with one attached hydrogen (secondary N) is 2. The maximum atomic E-state index is 11.9. The maximum absolute atomic E-state index is 11.9. The van der Waals surface area contributed by atoms with Gasteiger partial charge in [0.05, 0.1) is 21.8 Å². The summed E-state index contributed by atoms with van der Waals surface area (Å²) in [5.41, 5.74) is 3.68. The van der Waals surface area contributed by atoms with E-state index in [4.69, 9.17) is 0 Å². The number of thiazole rings is 1. The first-order valence-electron chi connectivity index (χ1n) is 6.97. The monoisotopic (exact) mass is 311 g/mol. The quantitative estimate of drug-likeness (QED) is 0.772.